The van der Waals surface area contributed by atoms with E-state index in [1.54, 1.807) is 0 Å². The van der Waals surface area contributed by atoms with Gasteiger partial charge in [0.2, 0.25) is 0 Å². The molecule has 0 radical (unpaired) electrons. The Morgan fingerprint density at radius 3 is 2.50 bits per heavy atom. The fourth-order valence-corrected chi connectivity index (χ4v) is 3.02. The molecule has 1 unspecified atom stereocenters. The number of benzene rings is 1. The topological polar surface area (TPSA) is 15.3 Å². The molecule has 0 spiro atoms. The fraction of sp³-hybridized carbons (Fsp3) is 0.625. The lowest BCUT2D eigenvalue weighted by Crippen LogP contribution is -2.54. The number of rotatable bonds is 2. The summed E-state index contributed by atoms with van der Waals surface area (Å²) in [6, 6.07) is 7.49. The van der Waals surface area contributed by atoms with Gasteiger partial charge in [-0.3, -0.25) is 0 Å². The molecule has 0 aliphatic carbocycles. The maximum Gasteiger partial charge on any atom is 0.0373 e. The molecule has 0 saturated carbocycles. The second kappa shape index (κ2) is 4.93. The molecule has 2 rings (SSSR count). The predicted molar refractivity (Wildman–Crippen MR) is 79.4 cm³/mol. The van der Waals surface area contributed by atoms with Crippen molar-refractivity contribution in [3.8, 4) is 0 Å². The van der Waals surface area contributed by atoms with E-state index in [1.807, 2.05) is 0 Å². The first-order valence-corrected chi connectivity index (χ1v) is 6.96. The number of hydrogen-bond donors (Lipinski definition) is 1. The highest BCUT2D eigenvalue weighted by Gasteiger charge is 2.34. The minimum atomic E-state index is 0.230. The van der Waals surface area contributed by atoms with E-state index in [0.717, 1.165) is 6.54 Å². The van der Waals surface area contributed by atoms with E-state index >= 15 is 0 Å². The molecule has 100 valence electrons. The lowest BCUT2D eigenvalue weighted by atomic mass is 9.86. The SMILES string of the molecule is CNC1CCN(c2ccc(C)c(C)c2)C(C)(C)C1. The van der Waals surface area contributed by atoms with Crippen molar-refractivity contribution in [1.29, 1.82) is 0 Å². The minimum Gasteiger partial charge on any atom is -0.366 e. The van der Waals surface area contributed by atoms with Crippen LogP contribution >= 0.6 is 0 Å². The van der Waals surface area contributed by atoms with E-state index in [-0.39, 0.29) is 5.54 Å². The van der Waals surface area contributed by atoms with Crippen molar-refractivity contribution in [3.63, 3.8) is 0 Å². The molecule has 0 amide bonds. The van der Waals surface area contributed by atoms with Gasteiger partial charge in [-0.1, -0.05) is 6.07 Å². The molecule has 1 N–H and O–H groups in total. The van der Waals surface area contributed by atoms with Crippen LogP contribution in [0.15, 0.2) is 18.2 Å². The van der Waals surface area contributed by atoms with Crippen LogP contribution in [0.1, 0.15) is 37.8 Å². The Morgan fingerprint density at radius 2 is 1.94 bits per heavy atom. The minimum absolute atomic E-state index is 0.230. The van der Waals surface area contributed by atoms with Crippen molar-refractivity contribution < 1.29 is 0 Å². The van der Waals surface area contributed by atoms with Crippen molar-refractivity contribution >= 4 is 5.69 Å². The lowest BCUT2D eigenvalue weighted by molar-refractivity contribution is 0.302. The lowest BCUT2D eigenvalue weighted by Gasteiger charge is -2.47. The number of piperidine rings is 1. The molecule has 0 aromatic heterocycles. The molecule has 2 nitrogen and oxygen atoms in total. The summed E-state index contributed by atoms with van der Waals surface area (Å²) in [4.78, 5) is 2.56. The van der Waals surface area contributed by atoms with E-state index in [4.69, 9.17) is 0 Å². The molecule has 1 aromatic carbocycles. The van der Waals surface area contributed by atoms with Crippen LogP contribution in [0.4, 0.5) is 5.69 Å². The molecule has 1 saturated heterocycles. The van der Waals surface area contributed by atoms with Crippen LogP contribution in [0, 0.1) is 13.8 Å². The van der Waals surface area contributed by atoms with E-state index in [0.29, 0.717) is 6.04 Å². The van der Waals surface area contributed by atoms with Gasteiger partial charge >= 0.3 is 0 Å². The Morgan fingerprint density at radius 1 is 1.22 bits per heavy atom. The van der Waals surface area contributed by atoms with E-state index in [2.05, 4.69) is 63.2 Å². The average Bonchev–Trinajstić information content (AvgIpc) is 2.31. The second-order valence-corrected chi connectivity index (χ2v) is 6.21. The van der Waals surface area contributed by atoms with Crippen molar-refractivity contribution in [2.24, 2.45) is 0 Å². The summed E-state index contributed by atoms with van der Waals surface area (Å²) < 4.78 is 0. The first kappa shape index (κ1) is 13.4. The summed E-state index contributed by atoms with van der Waals surface area (Å²) in [6.07, 6.45) is 2.43. The van der Waals surface area contributed by atoms with Gasteiger partial charge in [-0.25, -0.2) is 0 Å². The molecular weight excluding hydrogens is 220 g/mol. The van der Waals surface area contributed by atoms with Crippen LogP contribution in [0.5, 0.6) is 0 Å². The summed E-state index contributed by atoms with van der Waals surface area (Å²) in [7, 11) is 2.08. The highest BCUT2D eigenvalue weighted by Crippen LogP contribution is 2.33. The highest BCUT2D eigenvalue weighted by atomic mass is 15.2. The van der Waals surface area contributed by atoms with Crippen LogP contribution in [0.3, 0.4) is 0 Å². The zero-order valence-corrected chi connectivity index (χ0v) is 12.4. The van der Waals surface area contributed by atoms with Gasteiger partial charge in [-0.05, 0) is 70.8 Å². The zero-order valence-electron chi connectivity index (χ0n) is 12.4. The van der Waals surface area contributed by atoms with Gasteiger partial charge in [0, 0.05) is 23.8 Å². The summed E-state index contributed by atoms with van der Waals surface area (Å²) in [5, 5.41) is 3.43. The third-order valence-corrected chi connectivity index (χ3v) is 4.39. The average molecular weight is 246 g/mol. The highest BCUT2D eigenvalue weighted by molar-refractivity contribution is 5.53. The first-order chi connectivity index (χ1) is 8.44. The zero-order chi connectivity index (χ0) is 13.3. The molecule has 1 atom stereocenters. The number of aryl methyl sites for hydroxylation is 2. The molecule has 0 bridgehead atoms. The second-order valence-electron chi connectivity index (χ2n) is 6.21. The van der Waals surface area contributed by atoms with Crippen LogP contribution in [-0.2, 0) is 0 Å². The Bertz CT molecular complexity index is 423. The van der Waals surface area contributed by atoms with E-state index in [9.17, 15) is 0 Å². The maximum absolute atomic E-state index is 3.43. The molecule has 1 heterocycles. The van der Waals surface area contributed by atoms with Crippen molar-refractivity contribution in [1.82, 2.24) is 5.32 Å². The fourth-order valence-electron chi connectivity index (χ4n) is 3.02. The Balaban J connectivity index is 2.25. The number of anilines is 1. The number of nitrogens with one attached hydrogen (secondary N) is 1. The van der Waals surface area contributed by atoms with Crippen LogP contribution in [0.25, 0.3) is 0 Å². The van der Waals surface area contributed by atoms with Gasteiger partial charge in [0.1, 0.15) is 0 Å². The van der Waals surface area contributed by atoms with Gasteiger partial charge in [-0.15, -0.1) is 0 Å². The summed E-state index contributed by atoms with van der Waals surface area (Å²) in [5.41, 5.74) is 4.37. The Labute approximate surface area is 111 Å². The van der Waals surface area contributed by atoms with E-state index < -0.39 is 0 Å². The van der Waals surface area contributed by atoms with Crippen molar-refractivity contribution in [2.75, 3.05) is 18.5 Å². The molecule has 1 aliphatic heterocycles. The quantitative estimate of drug-likeness (QED) is 0.861. The number of hydrogen-bond acceptors (Lipinski definition) is 2. The Kier molecular flexibility index (Phi) is 3.67. The monoisotopic (exact) mass is 246 g/mol. The maximum atomic E-state index is 3.43. The predicted octanol–water partition coefficient (Wildman–Crippen LogP) is 3.27. The van der Waals surface area contributed by atoms with E-state index in [1.165, 1.54) is 29.7 Å². The third kappa shape index (κ3) is 2.54. The molecule has 2 heteroatoms. The summed E-state index contributed by atoms with van der Waals surface area (Å²) in [5.74, 6) is 0. The molecule has 1 aromatic rings. The van der Waals surface area contributed by atoms with Gasteiger partial charge < -0.3 is 10.2 Å². The standard InChI is InChI=1S/C16H26N2/c1-12-6-7-15(10-13(12)2)18-9-8-14(17-5)11-16(18,3)4/h6-7,10,14,17H,8-9,11H2,1-5H3. The van der Waals surface area contributed by atoms with Crippen LogP contribution < -0.4 is 10.2 Å². The third-order valence-electron chi connectivity index (χ3n) is 4.39. The van der Waals surface area contributed by atoms with Gasteiger partial charge in [0.15, 0.2) is 0 Å². The largest absolute Gasteiger partial charge is 0.366 e. The first-order valence-electron chi connectivity index (χ1n) is 6.96. The van der Waals surface area contributed by atoms with Crippen LogP contribution in [0.2, 0.25) is 0 Å². The molecule has 1 fully saturated rings. The summed E-state index contributed by atoms with van der Waals surface area (Å²) in [6.45, 7) is 10.2. The summed E-state index contributed by atoms with van der Waals surface area (Å²) >= 11 is 0. The van der Waals surface area contributed by atoms with Gasteiger partial charge in [-0.2, -0.15) is 0 Å². The van der Waals surface area contributed by atoms with Crippen LogP contribution in [-0.4, -0.2) is 25.2 Å². The van der Waals surface area contributed by atoms with Gasteiger partial charge in [0.05, 0.1) is 0 Å². The normalized spacial score (nSPS) is 23.2. The molecule has 1 aliphatic rings. The molecule has 18 heavy (non-hydrogen) atoms. The van der Waals surface area contributed by atoms with Crippen molar-refractivity contribution in [2.45, 2.75) is 52.1 Å². The number of nitrogens with zero attached hydrogens (tertiary/aromatic N) is 1. The van der Waals surface area contributed by atoms with Crippen molar-refractivity contribution in [3.05, 3.63) is 29.3 Å². The van der Waals surface area contributed by atoms with Gasteiger partial charge in [0.25, 0.3) is 0 Å². The molecular formula is C16H26N2. The Hall–Kier alpha value is -1.02. The smallest absolute Gasteiger partial charge is 0.0373 e.